The van der Waals surface area contributed by atoms with Crippen molar-refractivity contribution in [3.63, 3.8) is 0 Å². The van der Waals surface area contributed by atoms with Crippen LogP contribution in [0.3, 0.4) is 0 Å². The van der Waals surface area contributed by atoms with Crippen LogP contribution in [0, 0.1) is 0 Å². The zero-order valence-electron chi connectivity index (χ0n) is 9.92. The van der Waals surface area contributed by atoms with Crippen LogP contribution in [0.25, 0.3) is 0 Å². The molecule has 0 saturated heterocycles. The highest BCUT2D eigenvalue weighted by molar-refractivity contribution is 7.11. The predicted octanol–water partition coefficient (Wildman–Crippen LogP) is 3.12. The maximum atomic E-state index is 10.6. The molecule has 1 aromatic heterocycles. The molecular weight excluding hydrogens is 250 g/mol. The van der Waals surface area contributed by atoms with Crippen molar-refractivity contribution in [1.82, 2.24) is 4.98 Å². The quantitative estimate of drug-likeness (QED) is 0.900. The molecule has 2 aromatic rings. The number of hydrogen-bond donors (Lipinski definition) is 1. The van der Waals surface area contributed by atoms with Gasteiger partial charge in [-0.2, -0.15) is 0 Å². The molecule has 0 atom stereocenters. The molecule has 1 N–H and O–H groups in total. The highest BCUT2D eigenvalue weighted by Gasteiger charge is 2.05. The first kappa shape index (κ1) is 12.6. The van der Waals surface area contributed by atoms with Crippen molar-refractivity contribution in [1.29, 1.82) is 0 Å². The summed E-state index contributed by atoms with van der Waals surface area (Å²) in [5.41, 5.74) is 1.71. The molecule has 4 nitrogen and oxygen atoms in total. The number of ether oxygens (including phenoxy) is 1. The van der Waals surface area contributed by atoms with E-state index in [2.05, 4.69) is 4.98 Å². The number of aromatic nitrogens is 1. The molecule has 0 radical (unpaired) electrons. The fraction of sp³-hybridized carbons (Fsp3) is 0.231. The number of carboxylic acid groups (broad SMARTS) is 1. The van der Waals surface area contributed by atoms with Gasteiger partial charge in [0.15, 0.2) is 0 Å². The second-order valence-corrected chi connectivity index (χ2v) is 4.60. The summed E-state index contributed by atoms with van der Waals surface area (Å²) in [5, 5.41) is 11.3. The summed E-state index contributed by atoms with van der Waals surface area (Å²) >= 11 is 1.44. The third-order valence-electron chi connectivity index (χ3n) is 2.35. The van der Waals surface area contributed by atoms with Crippen LogP contribution in [0.5, 0.6) is 10.9 Å². The first-order valence-electron chi connectivity index (χ1n) is 5.60. The number of aryl methyl sites for hydroxylation is 1. The van der Waals surface area contributed by atoms with Gasteiger partial charge in [0, 0.05) is 5.38 Å². The van der Waals surface area contributed by atoms with Crippen molar-refractivity contribution < 1.29 is 14.6 Å². The second-order valence-electron chi connectivity index (χ2n) is 3.78. The largest absolute Gasteiger partial charge is 0.481 e. The lowest BCUT2D eigenvalue weighted by molar-refractivity contribution is -0.136. The summed E-state index contributed by atoms with van der Waals surface area (Å²) in [6.07, 6.45) is 0.869. The highest BCUT2D eigenvalue weighted by atomic mass is 32.1. The van der Waals surface area contributed by atoms with E-state index in [1.807, 2.05) is 12.3 Å². The Hall–Kier alpha value is -1.88. The minimum Gasteiger partial charge on any atom is -0.481 e. The minimum atomic E-state index is -0.852. The lowest BCUT2D eigenvalue weighted by Crippen LogP contribution is -1.99. The Morgan fingerprint density at radius 3 is 3.00 bits per heavy atom. The summed E-state index contributed by atoms with van der Waals surface area (Å²) in [6.45, 7) is 2.03. The molecule has 0 unspecified atom stereocenters. The van der Waals surface area contributed by atoms with Gasteiger partial charge in [-0.3, -0.25) is 4.79 Å². The maximum absolute atomic E-state index is 10.6. The Balaban J connectivity index is 2.11. The molecule has 0 aliphatic rings. The fourth-order valence-electron chi connectivity index (χ4n) is 1.49. The minimum absolute atomic E-state index is 0.00468. The van der Waals surface area contributed by atoms with Crippen LogP contribution in [-0.4, -0.2) is 16.1 Å². The van der Waals surface area contributed by atoms with E-state index in [1.165, 1.54) is 11.3 Å². The lowest BCUT2D eigenvalue weighted by atomic mass is 10.1. The van der Waals surface area contributed by atoms with E-state index in [4.69, 9.17) is 9.84 Å². The number of aliphatic carboxylic acids is 1. The molecule has 0 amide bonds. The number of hydrogen-bond acceptors (Lipinski definition) is 4. The molecule has 0 saturated carbocycles. The number of carboxylic acids is 1. The molecule has 5 heteroatoms. The van der Waals surface area contributed by atoms with E-state index in [0.717, 1.165) is 12.1 Å². The molecule has 18 heavy (non-hydrogen) atoms. The van der Waals surface area contributed by atoms with Gasteiger partial charge in [-0.25, -0.2) is 4.98 Å². The van der Waals surface area contributed by atoms with Crippen LogP contribution in [0.1, 0.15) is 18.2 Å². The van der Waals surface area contributed by atoms with Gasteiger partial charge in [-0.05, 0) is 24.1 Å². The van der Waals surface area contributed by atoms with Gasteiger partial charge in [0.05, 0.1) is 12.1 Å². The molecule has 94 valence electrons. The van der Waals surface area contributed by atoms with Crippen LogP contribution < -0.4 is 4.74 Å². The first-order valence-corrected chi connectivity index (χ1v) is 6.48. The van der Waals surface area contributed by atoms with Crippen LogP contribution >= 0.6 is 11.3 Å². The van der Waals surface area contributed by atoms with Gasteiger partial charge in [-0.15, -0.1) is 0 Å². The molecule has 2 rings (SSSR count). The topological polar surface area (TPSA) is 59.4 Å². The molecular formula is C13H13NO3S. The van der Waals surface area contributed by atoms with Crippen molar-refractivity contribution in [2.24, 2.45) is 0 Å². The molecule has 0 aliphatic carbocycles. The van der Waals surface area contributed by atoms with Gasteiger partial charge < -0.3 is 9.84 Å². The summed E-state index contributed by atoms with van der Waals surface area (Å²) in [5.74, 6) is -0.236. The van der Waals surface area contributed by atoms with Gasteiger partial charge in [-0.1, -0.05) is 30.4 Å². The Morgan fingerprint density at radius 1 is 1.50 bits per heavy atom. The zero-order valence-corrected chi connectivity index (χ0v) is 10.7. The molecule has 0 spiro atoms. The highest BCUT2D eigenvalue weighted by Crippen LogP contribution is 2.26. The van der Waals surface area contributed by atoms with Crippen molar-refractivity contribution in [3.05, 3.63) is 40.9 Å². The number of thiazole rings is 1. The molecule has 1 heterocycles. The summed E-state index contributed by atoms with van der Waals surface area (Å²) in [6, 6.07) is 7.06. The normalized spacial score (nSPS) is 10.3. The summed E-state index contributed by atoms with van der Waals surface area (Å²) in [7, 11) is 0. The van der Waals surface area contributed by atoms with E-state index in [0.29, 0.717) is 16.5 Å². The predicted molar refractivity (Wildman–Crippen MR) is 69.3 cm³/mol. The maximum Gasteiger partial charge on any atom is 0.307 e. The van der Waals surface area contributed by atoms with E-state index < -0.39 is 5.97 Å². The van der Waals surface area contributed by atoms with Crippen LogP contribution in [0.4, 0.5) is 0 Å². The Kier molecular flexibility index (Phi) is 3.94. The second kappa shape index (κ2) is 5.64. The Morgan fingerprint density at radius 2 is 2.33 bits per heavy atom. The third kappa shape index (κ3) is 3.30. The van der Waals surface area contributed by atoms with Gasteiger partial charge in [0.25, 0.3) is 5.19 Å². The number of rotatable bonds is 5. The monoisotopic (exact) mass is 263 g/mol. The lowest BCUT2D eigenvalue weighted by Gasteiger charge is -2.03. The van der Waals surface area contributed by atoms with Gasteiger partial charge in [0.1, 0.15) is 5.75 Å². The number of benzene rings is 1. The van der Waals surface area contributed by atoms with Gasteiger partial charge in [0.2, 0.25) is 0 Å². The molecule has 0 bridgehead atoms. The summed E-state index contributed by atoms with van der Waals surface area (Å²) < 4.78 is 5.60. The van der Waals surface area contributed by atoms with Crippen LogP contribution in [0.2, 0.25) is 0 Å². The van der Waals surface area contributed by atoms with E-state index in [1.54, 1.807) is 24.3 Å². The SMILES string of the molecule is CCc1csc(Oc2cccc(CC(=O)O)c2)n1. The van der Waals surface area contributed by atoms with Crippen molar-refractivity contribution in [2.75, 3.05) is 0 Å². The number of nitrogens with zero attached hydrogens (tertiary/aromatic N) is 1. The van der Waals surface area contributed by atoms with E-state index in [-0.39, 0.29) is 6.42 Å². The molecule has 0 aliphatic heterocycles. The average Bonchev–Trinajstić information content (AvgIpc) is 2.76. The van der Waals surface area contributed by atoms with Crippen molar-refractivity contribution in [3.8, 4) is 10.9 Å². The molecule has 1 aromatic carbocycles. The van der Waals surface area contributed by atoms with Crippen LogP contribution in [0.15, 0.2) is 29.6 Å². The average molecular weight is 263 g/mol. The zero-order chi connectivity index (χ0) is 13.0. The third-order valence-corrected chi connectivity index (χ3v) is 3.12. The summed E-state index contributed by atoms with van der Waals surface area (Å²) in [4.78, 5) is 14.9. The smallest absolute Gasteiger partial charge is 0.307 e. The van der Waals surface area contributed by atoms with Crippen molar-refractivity contribution in [2.45, 2.75) is 19.8 Å². The fourth-order valence-corrected chi connectivity index (χ4v) is 2.26. The Labute approximate surface area is 109 Å². The Bertz CT molecular complexity index is 551. The van der Waals surface area contributed by atoms with Crippen molar-refractivity contribution >= 4 is 17.3 Å². The molecule has 0 fully saturated rings. The van der Waals surface area contributed by atoms with Crippen LogP contribution in [-0.2, 0) is 17.6 Å². The van der Waals surface area contributed by atoms with Gasteiger partial charge >= 0.3 is 5.97 Å². The number of carbonyl (C=O) groups is 1. The van der Waals surface area contributed by atoms with E-state index in [9.17, 15) is 4.79 Å². The van der Waals surface area contributed by atoms with E-state index >= 15 is 0 Å². The first-order chi connectivity index (χ1) is 8.67. The standard InChI is InChI=1S/C13H13NO3S/c1-2-10-8-18-13(14-10)17-11-5-3-4-9(6-11)7-12(15)16/h3-6,8H,2,7H2,1H3,(H,15,16).